The normalized spacial score (nSPS) is 30.9. The monoisotopic (exact) mass is 430 g/mol. The van der Waals surface area contributed by atoms with Crippen LogP contribution in [0.5, 0.6) is 0 Å². The number of likely N-dealkylation sites (tertiary alicyclic amines) is 1. The van der Waals surface area contributed by atoms with Crippen molar-refractivity contribution in [1.29, 1.82) is 0 Å². The van der Waals surface area contributed by atoms with Crippen LogP contribution in [0.15, 0.2) is 60.7 Å². The predicted octanol–water partition coefficient (Wildman–Crippen LogP) is 1.84. The van der Waals surface area contributed by atoms with Crippen LogP contribution in [0.25, 0.3) is 0 Å². The van der Waals surface area contributed by atoms with Crippen molar-refractivity contribution in [2.45, 2.75) is 37.8 Å². The first-order chi connectivity index (χ1) is 13.3. The van der Waals surface area contributed by atoms with Gasteiger partial charge < -0.3 is 17.3 Å². The van der Waals surface area contributed by atoms with Crippen LogP contribution in [-0.2, 0) is 6.54 Å². The number of rotatable bonds is 3. The molecule has 2 heterocycles. The number of benzene rings is 2. The average Bonchev–Trinajstić information content (AvgIpc) is 3.13. The lowest BCUT2D eigenvalue weighted by Crippen LogP contribution is -3.00. The maximum atomic E-state index is 2.66. The van der Waals surface area contributed by atoms with Gasteiger partial charge in [-0.15, -0.1) is 12.4 Å². The molecule has 2 nitrogen and oxygen atoms in total. The molecule has 1 aliphatic carbocycles. The summed E-state index contributed by atoms with van der Waals surface area (Å²) >= 11 is 0. The number of halogens is 2. The van der Waals surface area contributed by atoms with E-state index in [9.17, 15) is 0 Å². The Labute approximate surface area is 187 Å². The zero-order valence-corrected chi connectivity index (χ0v) is 18.7. The van der Waals surface area contributed by atoms with Crippen molar-refractivity contribution in [3.8, 4) is 0 Å². The lowest BCUT2D eigenvalue weighted by molar-refractivity contribution is -0.537. The SMILES string of the molecule is CN1CCCC2C3C=[N+](Cc4ccccc4)CC3C(c3ccccc3)CC21.Cl.[Cl-]. The van der Waals surface area contributed by atoms with Gasteiger partial charge in [-0.25, -0.2) is 4.58 Å². The highest BCUT2D eigenvalue weighted by atomic mass is 35.5. The second-order valence-corrected chi connectivity index (χ2v) is 8.91. The minimum absolute atomic E-state index is 0. The summed E-state index contributed by atoms with van der Waals surface area (Å²) in [7, 11) is 2.36. The Hall–Kier alpha value is -1.35. The van der Waals surface area contributed by atoms with Crippen LogP contribution in [0.2, 0.25) is 0 Å². The Morgan fingerprint density at radius 3 is 2.38 bits per heavy atom. The lowest BCUT2D eigenvalue weighted by atomic mass is 9.61. The standard InChI is InChI=1S/C25H31N2.2ClH/c1-26-14-8-13-21-23-17-27(16-19-9-4-2-5-10-19)18-24(23)22(15-25(21)26)20-11-6-3-7-12-20;;/h2-7,9-12,17,21-25H,8,13-16,18H2,1H3;2*1H/q+1;;/p-1. The topological polar surface area (TPSA) is 6.25 Å². The van der Waals surface area contributed by atoms with Crippen molar-refractivity contribution >= 4 is 18.6 Å². The van der Waals surface area contributed by atoms with Crippen molar-refractivity contribution in [1.82, 2.24) is 4.90 Å². The smallest absolute Gasteiger partial charge is 0.167 e. The molecule has 2 fully saturated rings. The Morgan fingerprint density at radius 2 is 1.66 bits per heavy atom. The zero-order valence-electron chi connectivity index (χ0n) is 17.2. The summed E-state index contributed by atoms with van der Waals surface area (Å²) < 4.78 is 2.62. The van der Waals surface area contributed by atoms with Crippen molar-refractivity contribution in [3.63, 3.8) is 0 Å². The van der Waals surface area contributed by atoms with E-state index in [0.29, 0.717) is 5.92 Å². The zero-order chi connectivity index (χ0) is 18.2. The molecule has 0 N–H and O–H groups in total. The van der Waals surface area contributed by atoms with Crippen LogP contribution in [-0.4, -0.2) is 41.9 Å². The van der Waals surface area contributed by atoms with Gasteiger partial charge in [-0.1, -0.05) is 60.7 Å². The quantitative estimate of drug-likeness (QED) is 0.673. The fourth-order valence-corrected chi connectivity index (χ4v) is 6.15. The van der Waals surface area contributed by atoms with Gasteiger partial charge in [0.25, 0.3) is 0 Å². The van der Waals surface area contributed by atoms with E-state index in [-0.39, 0.29) is 24.8 Å². The van der Waals surface area contributed by atoms with Crippen LogP contribution in [0.4, 0.5) is 0 Å². The molecule has 1 saturated carbocycles. The van der Waals surface area contributed by atoms with Gasteiger partial charge in [0.1, 0.15) is 12.8 Å². The third-order valence-corrected chi connectivity index (χ3v) is 7.39. The molecule has 5 unspecified atom stereocenters. The summed E-state index contributed by atoms with van der Waals surface area (Å²) in [6.45, 7) is 3.54. The second-order valence-electron chi connectivity index (χ2n) is 8.91. The fraction of sp³-hybridized carbons (Fsp3) is 0.480. The molecule has 3 aliphatic rings. The molecule has 0 bridgehead atoms. The molecule has 0 radical (unpaired) electrons. The van der Waals surface area contributed by atoms with Crippen molar-refractivity contribution in [2.75, 3.05) is 20.1 Å². The molecular weight excluding hydrogens is 399 g/mol. The summed E-state index contributed by atoms with van der Waals surface area (Å²) in [4.78, 5) is 2.66. The molecule has 4 heteroatoms. The van der Waals surface area contributed by atoms with E-state index in [2.05, 4.69) is 83.4 Å². The second kappa shape index (κ2) is 9.64. The van der Waals surface area contributed by atoms with E-state index in [4.69, 9.17) is 0 Å². The molecular formula is C25H32Cl2N2. The molecule has 5 rings (SSSR count). The highest BCUT2D eigenvalue weighted by Gasteiger charge is 2.52. The maximum absolute atomic E-state index is 2.66. The molecule has 0 spiro atoms. The maximum Gasteiger partial charge on any atom is 0.167 e. The summed E-state index contributed by atoms with van der Waals surface area (Å²) in [6, 6.07) is 23.1. The summed E-state index contributed by atoms with van der Waals surface area (Å²) in [6.07, 6.45) is 6.74. The summed E-state index contributed by atoms with van der Waals surface area (Å²) in [5.41, 5.74) is 2.99. The largest absolute Gasteiger partial charge is 1.00 e. The van der Waals surface area contributed by atoms with Gasteiger partial charge in [0.15, 0.2) is 6.54 Å². The van der Waals surface area contributed by atoms with Crippen LogP contribution in [0.3, 0.4) is 0 Å². The molecule has 1 saturated heterocycles. The number of hydrogen-bond donors (Lipinski definition) is 0. The molecule has 0 amide bonds. The van der Waals surface area contributed by atoms with Gasteiger partial charge in [-0.05, 0) is 50.3 Å². The van der Waals surface area contributed by atoms with Crippen molar-refractivity contribution < 1.29 is 17.0 Å². The van der Waals surface area contributed by atoms with Crippen LogP contribution in [0.1, 0.15) is 36.3 Å². The van der Waals surface area contributed by atoms with E-state index in [1.165, 1.54) is 37.9 Å². The van der Waals surface area contributed by atoms with Crippen molar-refractivity contribution in [3.05, 3.63) is 71.8 Å². The van der Waals surface area contributed by atoms with Crippen molar-refractivity contribution in [2.24, 2.45) is 17.8 Å². The van der Waals surface area contributed by atoms with Gasteiger partial charge in [0.2, 0.25) is 0 Å². The molecule has 2 aromatic carbocycles. The minimum atomic E-state index is 0. The van der Waals surface area contributed by atoms with Gasteiger partial charge in [0, 0.05) is 23.4 Å². The van der Waals surface area contributed by atoms with Crippen LogP contribution < -0.4 is 12.4 Å². The highest BCUT2D eigenvalue weighted by molar-refractivity contribution is 5.85. The summed E-state index contributed by atoms with van der Waals surface area (Å²) in [5.74, 6) is 3.04. The molecule has 156 valence electrons. The molecule has 2 aliphatic heterocycles. The number of hydrogen-bond acceptors (Lipinski definition) is 1. The number of fused-ring (bicyclic) bond motifs is 3. The summed E-state index contributed by atoms with van der Waals surface area (Å²) in [5, 5.41) is 0. The molecule has 2 aromatic rings. The van der Waals surface area contributed by atoms with E-state index < -0.39 is 0 Å². The Bertz CT molecular complexity index is 808. The Kier molecular flexibility index (Phi) is 7.42. The highest BCUT2D eigenvalue weighted by Crippen LogP contribution is 2.49. The third-order valence-electron chi connectivity index (χ3n) is 7.39. The first kappa shape index (κ1) is 22.3. The fourth-order valence-electron chi connectivity index (χ4n) is 6.15. The average molecular weight is 431 g/mol. The third kappa shape index (κ3) is 4.40. The first-order valence-corrected chi connectivity index (χ1v) is 10.7. The number of nitrogens with zero attached hydrogens (tertiary/aromatic N) is 2. The van der Waals surface area contributed by atoms with E-state index in [0.717, 1.165) is 30.3 Å². The molecule has 0 aromatic heterocycles. The van der Waals surface area contributed by atoms with Crippen LogP contribution >= 0.6 is 12.4 Å². The predicted molar refractivity (Wildman–Crippen MR) is 119 cm³/mol. The minimum Gasteiger partial charge on any atom is -1.00 e. The number of piperidine rings is 1. The van der Waals surface area contributed by atoms with Gasteiger partial charge >= 0.3 is 0 Å². The Balaban J connectivity index is 0.00000120. The van der Waals surface area contributed by atoms with Gasteiger partial charge in [0.05, 0.1) is 0 Å². The van der Waals surface area contributed by atoms with E-state index in [1.54, 1.807) is 5.56 Å². The first-order valence-electron chi connectivity index (χ1n) is 10.7. The molecule has 5 atom stereocenters. The Morgan fingerprint density at radius 1 is 0.966 bits per heavy atom. The van der Waals surface area contributed by atoms with E-state index >= 15 is 0 Å². The molecule has 29 heavy (non-hydrogen) atoms. The van der Waals surface area contributed by atoms with E-state index in [1.807, 2.05) is 0 Å². The lowest BCUT2D eigenvalue weighted by Gasteiger charge is -2.49. The van der Waals surface area contributed by atoms with Gasteiger partial charge in [-0.2, -0.15) is 0 Å². The van der Waals surface area contributed by atoms with Gasteiger partial charge in [-0.3, -0.25) is 0 Å². The van der Waals surface area contributed by atoms with Crippen LogP contribution in [0, 0.1) is 17.8 Å².